The monoisotopic (exact) mass is 536 g/mol. The molecule has 1 aliphatic heterocycles. The Kier molecular flexibility index (Phi) is 7.26. The molecule has 1 saturated carbocycles. The Balaban J connectivity index is 1.39. The highest BCUT2D eigenvalue weighted by atomic mass is 35.5. The first-order valence-corrected chi connectivity index (χ1v) is 13.0. The van der Waals surface area contributed by atoms with Crippen LogP contribution in [0.3, 0.4) is 0 Å². The average molecular weight is 537 g/mol. The Labute approximate surface area is 227 Å². The van der Waals surface area contributed by atoms with E-state index in [4.69, 9.17) is 25.8 Å². The van der Waals surface area contributed by atoms with Gasteiger partial charge in [-0.15, -0.1) is 0 Å². The molecule has 0 radical (unpaired) electrons. The van der Waals surface area contributed by atoms with Crippen LogP contribution in [0.1, 0.15) is 31.9 Å². The van der Waals surface area contributed by atoms with Gasteiger partial charge in [0.25, 0.3) is 0 Å². The molecular formula is C28H33ClN6O3. The van der Waals surface area contributed by atoms with E-state index in [0.29, 0.717) is 23.3 Å². The standard InChI is InChI=1S/C28H33ClN6O3/c1-28(2)37-24-18(15-36-20-8-7-17-11-19(29)14-32-22(17)13-20)12-23(25(24)38-28)35-10-9-21(27(35)31-4)26(30-3)33-16-34(5)6/h7-11,13-14,16,18,23-25H,4,12,15H2,1-3,5-6H3/b30-26+,33-16+/t18-,23-,24-,25+/m1/s1. The maximum absolute atomic E-state index is 6.42. The van der Waals surface area contributed by atoms with Crippen LogP contribution in [0, 0.1) is 5.92 Å². The molecule has 200 valence electrons. The lowest BCUT2D eigenvalue weighted by atomic mass is 10.1. The summed E-state index contributed by atoms with van der Waals surface area (Å²) < 4.78 is 21.2. The lowest BCUT2D eigenvalue weighted by Gasteiger charge is -2.25. The number of aliphatic imine (C=N–C) groups is 3. The zero-order valence-electron chi connectivity index (χ0n) is 22.3. The van der Waals surface area contributed by atoms with Crippen molar-refractivity contribution in [2.75, 3.05) is 27.7 Å². The molecule has 2 aromatic heterocycles. The number of aromatic nitrogens is 2. The predicted octanol–water partition coefficient (Wildman–Crippen LogP) is 5.15. The molecule has 4 atom stereocenters. The van der Waals surface area contributed by atoms with Crippen LogP contribution in [0.4, 0.5) is 5.82 Å². The molecule has 3 aromatic rings. The Morgan fingerprint density at radius 1 is 1.26 bits per heavy atom. The molecule has 38 heavy (non-hydrogen) atoms. The van der Waals surface area contributed by atoms with Gasteiger partial charge in [0.2, 0.25) is 0 Å². The smallest absolute Gasteiger partial charge is 0.163 e. The Hall–Kier alpha value is -3.27. The quantitative estimate of drug-likeness (QED) is 0.308. The van der Waals surface area contributed by atoms with Crippen molar-refractivity contribution in [2.24, 2.45) is 20.9 Å². The van der Waals surface area contributed by atoms with Gasteiger partial charge < -0.3 is 23.7 Å². The predicted molar refractivity (Wildman–Crippen MR) is 151 cm³/mol. The number of fused-ring (bicyclic) bond motifs is 2. The van der Waals surface area contributed by atoms with Crippen LogP contribution in [0.25, 0.3) is 10.9 Å². The molecule has 1 aromatic carbocycles. The van der Waals surface area contributed by atoms with Crippen LogP contribution in [0.15, 0.2) is 57.7 Å². The summed E-state index contributed by atoms with van der Waals surface area (Å²) in [7, 11) is 5.55. The van der Waals surface area contributed by atoms with Gasteiger partial charge in [-0.25, -0.2) is 9.98 Å². The first-order valence-electron chi connectivity index (χ1n) is 12.6. The van der Waals surface area contributed by atoms with E-state index in [2.05, 4.69) is 31.2 Å². The third-order valence-electron chi connectivity index (χ3n) is 6.90. The normalized spacial score (nSPS) is 24.7. The van der Waals surface area contributed by atoms with Crippen LogP contribution < -0.4 is 4.74 Å². The number of pyridine rings is 1. The fraction of sp³-hybridized carbons (Fsp3) is 0.429. The minimum Gasteiger partial charge on any atom is -0.493 e. The highest BCUT2D eigenvalue weighted by Gasteiger charge is 2.55. The third-order valence-corrected chi connectivity index (χ3v) is 7.10. The largest absolute Gasteiger partial charge is 0.493 e. The molecule has 0 spiro atoms. The second-order valence-corrected chi connectivity index (χ2v) is 10.8. The van der Waals surface area contributed by atoms with E-state index in [1.54, 1.807) is 19.6 Å². The van der Waals surface area contributed by atoms with Crippen molar-refractivity contribution in [3.05, 3.63) is 53.3 Å². The zero-order valence-corrected chi connectivity index (χ0v) is 23.1. The van der Waals surface area contributed by atoms with E-state index in [0.717, 1.165) is 28.6 Å². The minimum atomic E-state index is -0.692. The zero-order chi connectivity index (χ0) is 27.0. The number of hydrogen-bond acceptors (Lipinski definition) is 6. The average Bonchev–Trinajstić information content (AvgIpc) is 3.53. The minimum absolute atomic E-state index is 0.0130. The summed E-state index contributed by atoms with van der Waals surface area (Å²) >= 11 is 6.07. The van der Waals surface area contributed by atoms with Gasteiger partial charge in [0.05, 0.1) is 41.2 Å². The van der Waals surface area contributed by atoms with E-state index in [1.807, 2.05) is 69.4 Å². The van der Waals surface area contributed by atoms with Gasteiger partial charge in [0, 0.05) is 50.9 Å². The van der Waals surface area contributed by atoms with E-state index >= 15 is 0 Å². The van der Waals surface area contributed by atoms with E-state index in [9.17, 15) is 0 Å². The molecule has 0 N–H and O–H groups in total. The SMILES string of the molecule is C=Nc1c(C(/N=C/N(C)C)=N\C)ccn1[C@@H]1C[C@H](COc2ccc3cc(Cl)cnc3c2)[C@H]2OC(C)(C)O[C@H]21. The maximum Gasteiger partial charge on any atom is 0.163 e. The molecule has 2 fully saturated rings. The molecule has 1 aliphatic carbocycles. The summed E-state index contributed by atoms with van der Waals surface area (Å²) in [5.41, 5.74) is 1.65. The summed E-state index contributed by atoms with van der Waals surface area (Å²) in [6.07, 6.45) is 5.88. The van der Waals surface area contributed by atoms with Crippen molar-refractivity contribution >= 4 is 47.2 Å². The number of nitrogens with zero attached hydrogens (tertiary/aromatic N) is 6. The lowest BCUT2D eigenvalue weighted by Crippen LogP contribution is -2.29. The molecular weight excluding hydrogens is 504 g/mol. The maximum atomic E-state index is 6.42. The van der Waals surface area contributed by atoms with Crippen molar-refractivity contribution in [3.8, 4) is 5.75 Å². The Morgan fingerprint density at radius 2 is 2.05 bits per heavy atom. The van der Waals surface area contributed by atoms with Gasteiger partial charge in [-0.1, -0.05) is 11.6 Å². The van der Waals surface area contributed by atoms with Crippen molar-refractivity contribution in [2.45, 2.75) is 44.3 Å². The van der Waals surface area contributed by atoms with Crippen LogP contribution in [0.5, 0.6) is 5.75 Å². The van der Waals surface area contributed by atoms with E-state index < -0.39 is 5.79 Å². The van der Waals surface area contributed by atoms with Crippen molar-refractivity contribution in [1.82, 2.24) is 14.5 Å². The molecule has 1 saturated heterocycles. The molecule has 0 bridgehead atoms. The fourth-order valence-electron chi connectivity index (χ4n) is 5.33. The molecule has 9 nitrogen and oxygen atoms in total. The molecule has 0 amide bonds. The van der Waals surface area contributed by atoms with E-state index in [-0.39, 0.29) is 24.2 Å². The number of hydrogen-bond donors (Lipinski definition) is 0. The molecule has 0 unspecified atom stereocenters. The van der Waals surface area contributed by atoms with Gasteiger partial charge in [-0.05, 0) is 51.3 Å². The summed E-state index contributed by atoms with van der Waals surface area (Å²) in [6.45, 7) is 8.23. The van der Waals surface area contributed by atoms with Gasteiger partial charge in [-0.2, -0.15) is 0 Å². The number of halogens is 1. The molecule has 2 aliphatic rings. The number of rotatable bonds is 7. The van der Waals surface area contributed by atoms with Gasteiger partial charge in [0.15, 0.2) is 11.6 Å². The summed E-state index contributed by atoms with van der Waals surface area (Å²) in [6, 6.07) is 9.70. The van der Waals surface area contributed by atoms with Gasteiger partial charge in [0.1, 0.15) is 17.7 Å². The van der Waals surface area contributed by atoms with Crippen molar-refractivity contribution < 1.29 is 14.2 Å². The highest BCUT2D eigenvalue weighted by molar-refractivity contribution is 6.31. The van der Waals surface area contributed by atoms with E-state index in [1.165, 1.54) is 0 Å². The first-order chi connectivity index (χ1) is 18.2. The first kappa shape index (κ1) is 26.3. The summed E-state index contributed by atoms with van der Waals surface area (Å²) in [5.74, 6) is 1.46. The summed E-state index contributed by atoms with van der Waals surface area (Å²) in [5, 5.41) is 1.58. The van der Waals surface area contributed by atoms with Crippen LogP contribution >= 0.6 is 11.6 Å². The second-order valence-electron chi connectivity index (χ2n) is 10.3. The molecule has 10 heteroatoms. The second kappa shape index (κ2) is 10.5. The van der Waals surface area contributed by atoms with Crippen molar-refractivity contribution in [1.29, 1.82) is 0 Å². The Morgan fingerprint density at radius 3 is 2.79 bits per heavy atom. The third kappa shape index (κ3) is 5.18. The fourth-order valence-corrected chi connectivity index (χ4v) is 5.49. The molecule has 5 rings (SSSR count). The van der Waals surface area contributed by atoms with Crippen LogP contribution in [-0.2, 0) is 9.47 Å². The number of amidine groups is 1. The number of benzene rings is 1. The number of ether oxygens (including phenoxy) is 3. The van der Waals surface area contributed by atoms with Gasteiger partial charge >= 0.3 is 0 Å². The lowest BCUT2D eigenvalue weighted by molar-refractivity contribution is -0.161. The van der Waals surface area contributed by atoms with Crippen LogP contribution in [0.2, 0.25) is 5.02 Å². The van der Waals surface area contributed by atoms with Gasteiger partial charge in [-0.3, -0.25) is 9.98 Å². The topological polar surface area (TPSA) is 85.8 Å². The van der Waals surface area contributed by atoms with Crippen molar-refractivity contribution in [3.63, 3.8) is 0 Å². The highest BCUT2D eigenvalue weighted by Crippen LogP contribution is 2.48. The summed E-state index contributed by atoms with van der Waals surface area (Å²) in [4.78, 5) is 19.5. The molecule has 3 heterocycles. The van der Waals surface area contributed by atoms with Crippen LogP contribution in [-0.4, -0.2) is 79.1 Å². The Bertz CT molecular complexity index is 1400.